The number of carbonyl (C=O) groups is 3. The molecule has 0 fully saturated rings. The lowest BCUT2D eigenvalue weighted by Gasteiger charge is -2.12. The van der Waals surface area contributed by atoms with Crippen LogP contribution < -0.4 is 20.7 Å². The van der Waals surface area contributed by atoms with E-state index in [1.54, 1.807) is 79.9 Å². The van der Waals surface area contributed by atoms with E-state index in [1.807, 2.05) is 24.3 Å². The first-order valence-corrected chi connectivity index (χ1v) is 15.2. The molecule has 0 aliphatic heterocycles. The van der Waals surface area contributed by atoms with E-state index < -0.39 is 11.8 Å². The van der Waals surface area contributed by atoms with Crippen LogP contribution >= 0.6 is 34.7 Å². The van der Waals surface area contributed by atoms with Crippen molar-refractivity contribution in [1.29, 1.82) is 0 Å². The first kappa shape index (κ1) is 29.8. The number of thioether (sulfide) groups is 1. The van der Waals surface area contributed by atoms with Gasteiger partial charge in [-0.25, -0.2) is 4.98 Å². The predicted molar refractivity (Wildman–Crippen MR) is 174 cm³/mol. The number of nitrogens with one attached hydrogen (secondary N) is 3. The van der Waals surface area contributed by atoms with Crippen LogP contribution in [0.3, 0.4) is 0 Å². The summed E-state index contributed by atoms with van der Waals surface area (Å²) in [4.78, 5) is 44.1. The zero-order valence-corrected chi connectivity index (χ0v) is 25.2. The van der Waals surface area contributed by atoms with Gasteiger partial charge < -0.3 is 20.7 Å². The fraction of sp³-hybridized carbons (Fsp3) is 0.0625. The average molecular weight is 629 g/mol. The van der Waals surface area contributed by atoms with E-state index in [-0.39, 0.29) is 17.4 Å². The molecule has 0 saturated heterocycles. The smallest absolute Gasteiger partial charge is 0.272 e. The Hall–Kier alpha value is -4.64. The Bertz CT molecular complexity index is 1830. The SMILES string of the molecule is COc1ccc2nc(NC(=O)CSc3cccc(NC(=O)/C(=C\c4ccccc4Cl)NC(=O)c4ccccc4)c3)sc2c1. The van der Waals surface area contributed by atoms with Gasteiger partial charge >= 0.3 is 0 Å². The lowest BCUT2D eigenvalue weighted by atomic mass is 10.1. The van der Waals surface area contributed by atoms with Crippen molar-refractivity contribution in [3.8, 4) is 5.75 Å². The second-order valence-electron chi connectivity index (χ2n) is 9.07. The van der Waals surface area contributed by atoms with Gasteiger partial charge in [0.2, 0.25) is 5.91 Å². The molecule has 216 valence electrons. The van der Waals surface area contributed by atoms with Gasteiger partial charge in [-0.2, -0.15) is 0 Å². The van der Waals surface area contributed by atoms with Crippen LogP contribution in [0.1, 0.15) is 15.9 Å². The Balaban J connectivity index is 1.25. The van der Waals surface area contributed by atoms with Gasteiger partial charge in [-0.15, -0.1) is 11.8 Å². The normalized spacial score (nSPS) is 11.2. The maximum atomic E-state index is 13.4. The molecule has 0 unspecified atom stereocenters. The standard InChI is InChI=1S/C32H25ClN4O4S2/c1-41-23-14-15-26-28(18-23)43-32(36-26)37-29(38)19-42-24-12-7-11-22(17-24)34-31(40)27(16-21-10-5-6-13-25(21)33)35-30(39)20-8-3-2-4-9-20/h2-18H,19H2,1H3,(H,34,40)(H,35,39)(H,36,37,38)/b27-16+. The molecule has 5 rings (SSSR count). The minimum Gasteiger partial charge on any atom is -0.497 e. The van der Waals surface area contributed by atoms with E-state index in [9.17, 15) is 14.4 Å². The monoisotopic (exact) mass is 628 g/mol. The molecule has 0 bridgehead atoms. The molecule has 4 aromatic carbocycles. The number of halogens is 1. The molecule has 5 aromatic rings. The summed E-state index contributed by atoms with van der Waals surface area (Å²) in [7, 11) is 1.60. The highest BCUT2D eigenvalue weighted by molar-refractivity contribution is 8.00. The van der Waals surface area contributed by atoms with Gasteiger partial charge in [0, 0.05) is 21.2 Å². The van der Waals surface area contributed by atoms with Crippen LogP contribution in [0.4, 0.5) is 10.8 Å². The van der Waals surface area contributed by atoms with Crippen LogP contribution in [0.5, 0.6) is 5.75 Å². The van der Waals surface area contributed by atoms with E-state index in [4.69, 9.17) is 16.3 Å². The molecule has 1 heterocycles. The van der Waals surface area contributed by atoms with Crippen molar-refractivity contribution < 1.29 is 19.1 Å². The van der Waals surface area contributed by atoms with Gasteiger partial charge in [-0.3, -0.25) is 14.4 Å². The summed E-state index contributed by atoms with van der Waals surface area (Å²) in [5.74, 6) is -0.310. The molecule has 1 aromatic heterocycles. The molecule has 43 heavy (non-hydrogen) atoms. The third kappa shape index (κ3) is 8.01. The van der Waals surface area contributed by atoms with Crippen molar-refractivity contribution in [1.82, 2.24) is 10.3 Å². The Labute approximate surface area is 261 Å². The summed E-state index contributed by atoms with van der Waals surface area (Å²) < 4.78 is 6.16. The fourth-order valence-electron chi connectivity index (χ4n) is 3.94. The molecule has 0 spiro atoms. The van der Waals surface area contributed by atoms with Crippen LogP contribution in [0.2, 0.25) is 5.02 Å². The number of hydrogen-bond acceptors (Lipinski definition) is 7. The third-order valence-corrected chi connectivity index (χ3v) is 8.31. The second-order valence-corrected chi connectivity index (χ2v) is 11.6. The number of aromatic nitrogens is 1. The quantitative estimate of drug-likeness (QED) is 0.112. The zero-order valence-electron chi connectivity index (χ0n) is 22.8. The number of fused-ring (bicyclic) bond motifs is 1. The fourth-order valence-corrected chi connectivity index (χ4v) is 5.80. The number of carbonyl (C=O) groups excluding carboxylic acids is 3. The summed E-state index contributed by atoms with van der Waals surface area (Å²) in [6.45, 7) is 0. The van der Waals surface area contributed by atoms with Gasteiger partial charge in [0.05, 0.1) is 23.1 Å². The van der Waals surface area contributed by atoms with Crippen LogP contribution in [0.15, 0.2) is 108 Å². The number of rotatable bonds is 10. The van der Waals surface area contributed by atoms with Crippen molar-refractivity contribution in [2.75, 3.05) is 23.5 Å². The highest BCUT2D eigenvalue weighted by Crippen LogP contribution is 2.30. The first-order chi connectivity index (χ1) is 20.9. The van der Waals surface area contributed by atoms with E-state index >= 15 is 0 Å². The Morgan fingerprint density at radius 1 is 0.930 bits per heavy atom. The van der Waals surface area contributed by atoms with E-state index in [0.29, 0.717) is 27.0 Å². The summed E-state index contributed by atoms with van der Waals surface area (Å²) in [5, 5.41) is 9.32. The topological polar surface area (TPSA) is 109 Å². The predicted octanol–water partition coefficient (Wildman–Crippen LogP) is 7.10. The number of benzene rings is 4. The minimum atomic E-state index is -0.531. The van der Waals surface area contributed by atoms with Crippen LogP contribution in [-0.2, 0) is 9.59 Å². The van der Waals surface area contributed by atoms with Crippen molar-refractivity contribution in [3.05, 3.63) is 119 Å². The second kappa shape index (κ2) is 14.0. The molecular weight excluding hydrogens is 604 g/mol. The van der Waals surface area contributed by atoms with Crippen LogP contribution in [0, 0.1) is 0 Å². The Morgan fingerprint density at radius 2 is 1.72 bits per heavy atom. The highest BCUT2D eigenvalue weighted by Gasteiger charge is 2.16. The summed E-state index contributed by atoms with van der Waals surface area (Å²) >= 11 is 9.00. The largest absolute Gasteiger partial charge is 0.497 e. The first-order valence-electron chi connectivity index (χ1n) is 13.0. The molecule has 11 heteroatoms. The molecule has 3 N–H and O–H groups in total. The summed E-state index contributed by atoms with van der Waals surface area (Å²) in [6, 6.07) is 28.3. The van der Waals surface area contributed by atoms with Crippen LogP contribution in [-0.4, -0.2) is 35.6 Å². The Kier molecular flexibility index (Phi) is 9.73. The summed E-state index contributed by atoms with van der Waals surface area (Å²) in [5.41, 5.74) is 2.27. The van der Waals surface area contributed by atoms with Gasteiger partial charge in [0.1, 0.15) is 11.4 Å². The molecule has 3 amide bonds. The van der Waals surface area contributed by atoms with E-state index in [1.165, 1.54) is 29.2 Å². The number of amides is 3. The van der Waals surface area contributed by atoms with Gasteiger partial charge in [-0.05, 0) is 66.2 Å². The third-order valence-electron chi connectivity index (χ3n) is 6.04. The van der Waals surface area contributed by atoms with Gasteiger partial charge in [0.25, 0.3) is 11.8 Å². The number of thiazole rings is 1. The number of anilines is 2. The molecule has 0 aliphatic rings. The maximum Gasteiger partial charge on any atom is 0.272 e. The molecular formula is C32H25ClN4O4S2. The van der Waals surface area contributed by atoms with Gasteiger partial charge in [-0.1, -0.05) is 65.4 Å². The lowest BCUT2D eigenvalue weighted by Crippen LogP contribution is -2.30. The average Bonchev–Trinajstić information content (AvgIpc) is 3.42. The zero-order chi connectivity index (χ0) is 30.2. The molecule has 8 nitrogen and oxygen atoms in total. The lowest BCUT2D eigenvalue weighted by molar-refractivity contribution is -0.114. The number of methoxy groups -OCH3 is 1. The number of nitrogens with zero attached hydrogens (tertiary/aromatic N) is 1. The van der Waals surface area contributed by atoms with Gasteiger partial charge in [0.15, 0.2) is 5.13 Å². The maximum absolute atomic E-state index is 13.4. The van der Waals surface area contributed by atoms with Crippen molar-refractivity contribution in [3.63, 3.8) is 0 Å². The van der Waals surface area contributed by atoms with Crippen molar-refractivity contribution in [2.45, 2.75) is 4.90 Å². The molecule has 0 saturated carbocycles. The number of hydrogen-bond donors (Lipinski definition) is 3. The van der Waals surface area contributed by atoms with E-state index in [2.05, 4.69) is 20.9 Å². The molecule has 0 radical (unpaired) electrons. The van der Waals surface area contributed by atoms with E-state index in [0.717, 1.165) is 20.9 Å². The van der Waals surface area contributed by atoms with Crippen molar-refractivity contribution >= 4 is 79.5 Å². The highest BCUT2D eigenvalue weighted by atomic mass is 35.5. The Morgan fingerprint density at radius 3 is 2.51 bits per heavy atom. The van der Waals surface area contributed by atoms with Crippen LogP contribution in [0.25, 0.3) is 16.3 Å². The summed E-state index contributed by atoms with van der Waals surface area (Å²) in [6.07, 6.45) is 1.53. The number of ether oxygens (including phenoxy) is 1. The molecule has 0 atom stereocenters. The molecule has 0 aliphatic carbocycles. The minimum absolute atomic E-state index is 0.0211. The van der Waals surface area contributed by atoms with Crippen molar-refractivity contribution in [2.24, 2.45) is 0 Å².